The number of nitrogens with zero attached hydrogens (tertiary/aromatic N) is 6. The third-order valence-electron chi connectivity index (χ3n) is 4.01. The lowest BCUT2D eigenvalue weighted by Crippen LogP contribution is -2.11. The minimum atomic E-state index is -0.304. The fourth-order valence-corrected chi connectivity index (χ4v) is 2.90. The summed E-state index contributed by atoms with van der Waals surface area (Å²) < 4.78 is 3.44. The first-order valence-electron chi connectivity index (χ1n) is 8.20. The molecule has 3 rings (SSSR count). The quantitative estimate of drug-likeness (QED) is 0.369. The zero-order valence-corrected chi connectivity index (χ0v) is 16.2. The van der Waals surface area contributed by atoms with Crippen molar-refractivity contribution in [3.63, 3.8) is 0 Å². The average molecular weight is 381 g/mol. The molecule has 0 bridgehead atoms. The topological polar surface area (TPSA) is 87.8 Å². The van der Waals surface area contributed by atoms with Crippen LogP contribution in [-0.2, 0) is 12.5 Å². The highest BCUT2D eigenvalue weighted by molar-refractivity contribution is 7.71. The van der Waals surface area contributed by atoms with Gasteiger partial charge in [0.2, 0.25) is 11.7 Å². The van der Waals surface area contributed by atoms with Gasteiger partial charge in [-0.1, -0.05) is 39.0 Å². The number of rotatable bonds is 3. The number of hydrogen-bond donors (Lipinski definition) is 2. The molecule has 0 unspecified atom stereocenters. The van der Waals surface area contributed by atoms with Gasteiger partial charge in [0.25, 0.3) is 5.69 Å². The maximum Gasteiger partial charge on any atom is 0.255 e. The summed E-state index contributed by atoms with van der Waals surface area (Å²) in [6, 6.07) is 9.25. The van der Waals surface area contributed by atoms with Crippen LogP contribution in [0.15, 0.2) is 40.6 Å². The van der Waals surface area contributed by atoms with Crippen LogP contribution >= 0.6 is 12.2 Å². The van der Waals surface area contributed by atoms with Crippen molar-refractivity contribution in [3.8, 4) is 11.6 Å². The Morgan fingerprint density at radius 1 is 1.22 bits per heavy atom. The second kappa shape index (κ2) is 6.81. The Morgan fingerprint density at radius 3 is 2.48 bits per heavy atom. The van der Waals surface area contributed by atoms with Crippen LogP contribution < -0.4 is 0 Å². The van der Waals surface area contributed by atoms with E-state index in [-0.39, 0.29) is 22.9 Å². The van der Waals surface area contributed by atoms with E-state index in [1.807, 2.05) is 51.1 Å². The van der Waals surface area contributed by atoms with Crippen LogP contribution in [0.1, 0.15) is 26.5 Å². The molecule has 2 aromatic heterocycles. The van der Waals surface area contributed by atoms with E-state index >= 15 is 0 Å². The molecule has 9 heteroatoms. The number of nitrogens with one attached hydrogen (secondary N) is 1. The molecule has 0 fully saturated rings. The molecule has 8 nitrogen and oxygen atoms in total. The molecule has 0 radical (unpaired) electrons. The van der Waals surface area contributed by atoms with Gasteiger partial charge in [-0.2, -0.15) is 5.10 Å². The van der Waals surface area contributed by atoms with Crippen molar-refractivity contribution in [1.82, 2.24) is 19.3 Å². The van der Waals surface area contributed by atoms with Gasteiger partial charge in [-0.15, -0.1) is 10.2 Å². The summed E-state index contributed by atoms with van der Waals surface area (Å²) in [4.78, 5) is 3.53. The third kappa shape index (κ3) is 3.27. The molecule has 0 amide bonds. The molecular formula is C18H19N7OS. The second-order valence-electron chi connectivity index (χ2n) is 6.99. The minimum Gasteiger partial charge on any atom is -0.491 e. The molecule has 0 saturated carbocycles. The molecule has 3 aromatic rings. The zero-order chi connectivity index (χ0) is 19.8. The number of azo groups is 1. The van der Waals surface area contributed by atoms with Gasteiger partial charge in [0, 0.05) is 7.05 Å². The summed E-state index contributed by atoms with van der Waals surface area (Å²) in [7, 11) is 1.69. The van der Waals surface area contributed by atoms with Gasteiger partial charge in [0.05, 0.1) is 18.0 Å². The van der Waals surface area contributed by atoms with E-state index in [4.69, 9.17) is 18.8 Å². The van der Waals surface area contributed by atoms with Crippen molar-refractivity contribution in [3.05, 3.63) is 52.2 Å². The summed E-state index contributed by atoms with van der Waals surface area (Å²) in [5, 5.41) is 25.8. The van der Waals surface area contributed by atoms with Gasteiger partial charge in [-0.05, 0) is 29.8 Å². The van der Waals surface area contributed by atoms with E-state index in [1.54, 1.807) is 11.6 Å². The lowest BCUT2D eigenvalue weighted by Gasteiger charge is -2.15. The monoisotopic (exact) mass is 381 g/mol. The SMILES string of the molecule is [C-]#[N+]c1c(C(C)(C)C)n[nH]c1/N=N/c1c(O)n(-c2ccccc2)c(=S)n1C. The fraction of sp³-hybridized carbons (Fsp3) is 0.278. The Hall–Kier alpha value is -3.25. The van der Waals surface area contributed by atoms with Crippen molar-refractivity contribution in [2.24, 2.45) is 17.3 Å². The van der Waals surface area contributed by atoms with Gasteiger partial charge in [-0.3, -0.25) is 14.2 Å². The fourth-order valence-electron chi connectivity index (χ4n) is 2.63. The lowest BCUT2D eigenvalue weighted by molar-refractivity contribution is 0.443. The van der Waals surface area contributed by atoms with Crippen molar-refractivity contribution in [2.75, 3.05) is 0 Å². The highest BCUT2D eigenvalue weighted by Gasteiger charge is 2.25. The molecule has 0 aliphatic heterocycles. The first-order valence-corrected chi connectivity index (χ1v) is 8.60. The average Bonchev–Trinajstić information content (AvgIpc) is 3.14. The Kier molecular flexibility index (Phi) is 4.68. The molecule has 0 aliphatic carbocycles. The number of imidazole rings is 1. The summed E-state index contributed by atoms with van der Waals surface area (Å²) in [5.41, 5.74) is 1.34. The van der Waals surface area contributed by atoms with Crippen LogP contribution in [0.5, 0.6) is 5.88 Å². The van der Waals surface area contributed by atoms with E-state index < -0.39 is 0 Å². The van der Waals surface area contributed by atoms with Crippen molar-refractivity contribution in [2.45, 2.75) is 26.2 Å². The van der Waals surface area contributed by atoms with E-state index in [0.29, 0.717) is 16.2 Å². The van der Waals surface area contributed by atoms with Crippen LogP contribution in [0, 0.1) is 11.3 Å². The molecular weight excluding hydrogens is 362 g/mol. The number of para-hydroxylation sites is 1. The lowest BCUT2D eigenvalue weighted by atomic mass is 9.91. The molecule has 2 N–H and O–H groups in total. The number of H-pyrrole nitrogens is 1. The summed E-state index contributed by atoms with van der Waals surface area (Å²) in [5.74, 6) is 0.303. The van der Waals surface area contributed by atoms with Gasteiger partial charge < -0.3 is 5.11 Å². The van der Waals surface area contributed by atoms with E-state index in [0.717, 1.165) is 5.69 Å². The molecule has 0 atom stereocenters. The normalized spacial score (nSPS) is 11.8. The second-order valence-corrected chi connectivity index (χ2v) is 7.36. The van der Waals surface area contributed by atoms with E-state index in [2.05, 4.69) is 25.3 Å². The van der Waals surface area contributed by atoms with Crippen molar-refractivity contribution in [1.29, 1.82) is 0 Å². The number of aromatic hydroxyl groups is 1. The van der Waals surface area contributed by atoms with Crippen molar-refractivity contribution < 1.29 is 5.11 Å². The van der Waals surface area contributed by atoms with Crippen LogP contribution in [-0.4, -0.2) is 24.4 Å². The summed E-state index contributed by atoms with van der Waals surface area (Å²) in [6.45, 7) is 13.3. The van der Waals surface area contributed by atoms with Gasteiger partial charge in [0.15, 0.2) is 10.6 Å². The van der Waals surface area contributed by atoms with Crippen LogP contribution in [0.4, 0.5) is 17.3 Å². The van der Waals surface area contributed by atoms with Crippen LogP contribution in [0.3, 0.4) is 0 Å². The summed E-state index contributed by atoms with van der Waals surface area (Å²) in [6.07, 6.45) is 0. The molecule has 0 aliphatic rings. The number of hydrogen-bond acceptors (Lipinski definition) is 5. The maximum atomic E-state index is 10.6. The molecule has 0 spiro atoms. The molecule has 0 saturated heterocycles. The number of aromatic nitrogens is 4. The van der Waals surface area contributed by atoms with Gasteiger partial charge in [-0.25, -0.2) is 4.85 Å². The standard InChI is InChI=1S/C18H19N7OS/c1-18(2,3)13-12(19-4)14(21-20-13)22-23-15-16(26)25(17(27)24(15)5)11-9-7-6-8-10-11/h6-10,26H,1-3,5H3,(H,20,21)/b23-22+. The highest BCUT2D eigenvalue weighted by atomic mass is 32.1. The Labute approximate surface area is 161 Å². The first-order chi connectivity index (χ1) is 12.8. The Morgan fingerprint density at radius 2 is 1.89 bits per heavy atom. The van der Waals surface area contributed by atoms with Crippen LogP contribution in [0.2, 0.25) is 0 Å². The predicted octanol–water partition coefficient (Wildman–Crippen LogP) is 5.24. The molecule has 27 heavy (non-hydrogen) atoms. The Bertz CT molecular complexity index is 1110. The van der Waals surface area contributed by atoms with E-state index in [9.17, 15) is 5.11 Å². The van der Waals surface area contributed by atoms with Gasteiger partial charge >= 0.3 is 0 Å². The number of aromatic amines is 1. The summed E-state index contributed by atoms with van der Waals surface area (Å²) >= 11 is 5.41. The number of benzene rings is 1. The van der Waals surface area contributed by atoms with E-state index in [1.165, 1.54) is 4.57 Å². The minimum absolute atomic E-state index is 0.127. The highest BCUT2D eigenvalue weighted by Crippen LogP contribution is 2.38. The predicted molar refractivity (Wildman–Crippen MR) is 105 cm³/mol. The third-order valence-corrected chi connectivity index (χ3v) is 4.47. The smallest absolute Gasteiger partial charge is 0.255 e. The molecule has 2 heterocycles. The van der Waals surface area contributed by atoms with Crippen LogP contribution in [0.25, 0.3) is 10.5 Å². The molecule has 138 valence electrons. The molecule has 1 aromatic carbocycles. The largest absolute Gasteiger partial charge is 0.491 e. The van der Waals surface area contributed by atoms with Gasteiger partial charge in [0.1, 0.15) is 0 Å². The maximum absolute atomic E-state index is 10.6. The Balaban J connectivity index is 2.07. The first kappa shape index (κ1) is 18.5. The zero-order valence-electron chi connectivity index (χ0n) is 15.4. The van der Waals surface area contributed by atoms with Crippen molar-refractivity contribution >= 4 is 29.5 Å².